The van der Waals surface area contributed by atoms with Crippen LogP contribution in [0.25, 0.3) is 5.69 Å². The van der Waals surface area contributed by atoms with Crippen LogP contribution in [0.5, 0.6) is 11.5 Å². The van der Waals surface area contributed by atoms with Gasteiger partial charge in [0.05, 0.1) is 30.3 Å². The summed E-state index contributed by atoms with van der Waals surface area (Å²) in [5.74, 6) is 0.272. The quantitative estimate of drug-likeness (QED) is 0.390. The molecular formula is C25H21F3N4O3. The number of hydrogen-bond acceptors (Lipinski definition) is 5. The Labute approximate surface area is 199 Å². The highest BCUT2D eigenvalue weighted by Crippen LogP contribution is 2.30. The fourth-order valence-electron chi connectivity index (χ4n) is 3.23. The second kappa shape index (κ2) is 10.3. The first kappa shape index (κ1) is 23.8. The number of alkyl halides is 3. The molecule has 0 aliphatic carbocycles. The van der Waals surface area contributed by atoms with Crippen LogP contribution in [0.4, 0.5) is 13.2 Å². The van der Waals surface area contributed by atoms with Crippen LogP contribution in [-0.4, -0.2) is 27.8 Å². The van der Waals surface area contributed by atoms with Gasteiger partial charge in [0.1, 0.15) is 12.4 Å². The lowest BCUT2D eigenvalue weighted by Crippen LogP contribution is -2.24. The van der Waals surface area contributed by atoms with E-state index in [1.807, 2.05) is 30.3 Å². The first-order chi connectivity index (χ1) is 16.8. The Kier molecular flexibility index (Phi) is 7.00. The van der Waals surface area contributed by atoms with Crippen molar-refractivity contribution in [3.63, 3.8) is 0 Å². The lowest BCUT2D eigenvalue weighted by Gasteiger charge is -2.08. The summed E-state index contributed by atoms with van der Waals surface area (Å²) >= 11 is 0. The molecule has 0 unspecified atom stereocenters. The van der Waals surface area contributed by atoms with E-state index < -0.39 is 17.6 Å². The van der Waals surface area contributed by atoms with Crippen molar-refractivity contribution in [2.75, 3.05) is 7.11 Å². The van der Waals surface area contributed by atoms with Crippen molar-refractivity contribution in [1.82, 2.24) is 20.1 Å². The lowest BCUT2D eigenvalue weighted by molar-refractivity contribution is -0.137. The average molecular weight is 482 g/mol. The summed E-state index contributed by atoms with van der Waals surface area (Å²) in [4.78, 5) is 16.9. The molecule has 0 saturated heterocycles. The maximum absolute atomic E-state index is 13.0. The van der Waals surface area contributed by atoms with E-state index in [2.05, 4.69) is 15.4 Å². The van der Waals surface area contributed by atoms with Crippen LogP contribution in [0, 0.1) is 0 Å². The minimum atomic E-state index is -4.49. The summed E-state index contributed by atoms with van der Waals surface area (Å²) in [5, 5.41) is 6.88. The van der Waals surface area contributed by atoms with E-state index in [9.17, 15) is 18.0 Å². The zero-order valence-corrected chi connectivity index (χ0v) is 18.6. The summed E-state index contributed by atoms with van der Waals surface area (Å²) < 4.78 is 51.2. The van der Waals surface area contributed by atoms with E-state index in [1.165, 1.54) is 30.1 Å². The number of amides is 1. The second-order valence-electron chi connectivity index (χ2n) is 7.48. The van der Waals surface area contributed by atoms with Gasteiger partial charge in [-0.2, -0.15) is 18.3 Å². The first-order valence-electron chi connectivity index (χ1n) is 10.5. The number of carbonyl (C=O) groups excluding carboxylic acids is 1. The van der Waals surface area contributed by atoms with Crippen LogP contribution in [0.1, 0.15) is 27.3 Å². The third kappa shape index (κ3) is 5.97. The Balaban J connectivity index is 1.40. The van der Waals surface area contributed by atoms with Gasteiger partial charge in [0.25, 0.3) is 5.91 Å². The van der Waals surface area contributed by atoms with E-state index in [1.54, 1.807) is 18.3 Å². The van der Waals surface area contributed by atoms with Gasteiger partial charge < -0.3 is 14.8 Å². The van der Waals surface area contributed by atoms with Gasteiger partial charge in [-0.15, -0.1) is 0 Å². The molecule has 0 saturated carbocycles. The molecule has 10 heteroatoms. The van der Waals surface area contributed by atoms with E-state index >= 15 is 0 Å². The molecule has 0 fully saturated rings. The van der Waals surface area contributed by atoms with Crippen molar-refractivity contribution in [2.24, 2.45) is 0 Å². The van der Waals surface area contributed by atoms with Crippen molar-refractivity contribution in [3.8, 4) is 17.2 Å². The smallest absolute Gasteiger partial charge is 0.416 e. The van der Waals surface area contributed by atoms with Gasteiger partial charge >= 0.3 is 6.18 Å². The maximum atomic E-state index is 13.0. The van der Waals surface area contributed by atoms with Crippen LogP contribution in [-0.2, 0) is 19.3 Å². The van der Waals surface area contributed by atoms with Crippen LogP contribution in [0.2, 0.25) is 0 Å². The molecule has 1 N–H and O–H groups in total. The summed E-state index contributed by atoms with van der Waals surface area (Å²) in [6, 6.07) is 17.4. The lowest BCUT2D eigenvalue weighted by atomic mass is 10.2. The number of pyridine rings is 1. The molecule has 2 aromatic heterocycles. The highest BCUT2D eigenvalue weighted by molar-refractivity contribution is 5.94. The highest BCUT2D eigenvalue weighted by Gasteiger charge is 2.30. The van der Waals surface area contributed by atoms with Crippen molar-refractivity contribution in [1.29, 1.82) is 0 Å². The summed E-state index contributed by atoms with van der Waals surface area (Å²) in [6.45, 7) is 0.546. The minimum absolute atomic E-state index is 0.0415. The predicted molar refractivity (Wildman–Crippen MR) is 121 cm³/mol. The Morgan fingerprint density at radius 2 is 1.86 bits per heavy atom. The topological polar surface area (TPSA) is 78.3 Å². The third-order valence-electron chi connectivity index (χ3n) is 5.04. The normalized spacial score (nSPS) is 11.2. The number of benzene rings is 2. The molecule has 0 atom stereocenters. The largest absolute Gasteiger partial charge is 0.493 e. The fourth-order valence-corrected chi connectivity index (χ4v) is 3.23. The molecule has 2 heterocycles. The molecule has 4 rings (SSSR count). The fraction of sp³-hybridized carbons (Fsp3) is 0.160. The number of halogens is 3. The monoisotopic (exact) mass is 482 g/mol. The predicted octanol–water partition coefficient (Wildman–Crippen LogP) is 4.80. The van der Waals surface area contributed by atoms with E-state index in [0.29, 0.717) is 12.4 Å². The number of aromatic nitrogens is 3. The molecule has 35 heavy (non-hydrogen) atoms. The van der Waals surface area contributed by atoms with Crippen molar-refractivity contribution >= 4 is 5.91 Å². The van der Waals surface area contributed by atoms with Crippen LogP contribution >= 0.6 is 0 Å². The van der Waals surface area contributed by atoms with Crippen LogP contribution < -0.4 is 14.8 Å². The third-order valence-corrected chi connectivity index (χ3v) is 5.04. The molecular weight excluding hydrogens is 461 g/mol. The molecule has 4 aromatic rings. The van der Waals surface area contributed by atoms with E-state index in [0.717, 1.165) is 23.4 Å². The highest BCUT2D eigenvalue weighted by atomic mass is 19.4. The molecule has 0 aliphatic rings. The number of methoxy groups -OCH3 is 1. The van der Waals surface area contributed by atoms with E-state index in [-0.39, 0.29) is 23.7 Å². The number of nitrogens with one attached hydrogen (secondary N) is 1. The number of rotatable bonds is 8. The Morgan fingerprint density at radius 1 is 1.06 bits per heavy atom. The molecule has 0 bridgehead atoms. The van der Waals surface area contributed by atoms with Gasteiger partial charge in [-0.25, -0.2) is 4.68 Å². The van der Waals surface area contributed by atoms with E-state index in [4.69, 9.17) is 9.47 Å². The van der Waals surface area contributed by atoms with Crippen LogP contribution in [0.3, 0.4) is 0 Å². The Hall–Kier alpha value is -4.34. The Morgan fingerprint density at radius 3 is 2.54 bits per heavy atom. The molecule has 0 aliphatic heterocycles. The zero-order valence-electron chi connectivity index (χ0n) is 18.6. The average Bonchev–Trinajstić information content (AvgIpc) is 3.32. The van der Waals surface area contributed by atoms with Gasteiger partial charge in [0.15, 0.2) is 11.4 Å². The molecule has 0 radical (unpaired) electrons. The molecule has 1 amide bonds. The number of hydrogen-bond donors (Lipinski definition) is 1. The van der Waals surface area contributed by atoms with Crippen molar-refractivity contribution < 1.29 is 27.4 Å². The van der Waals surface area contributed by atoms with Gasteiger partial charge in [-0.1, -0.05) is 24.3 Å². The summed E-state index contributed by atoms with van der Waals surface area (Å²) in [7, 11) is 1.36. The van der Waals surface area contributed by atoms with Gasteiger partial charge in [0.2, 0.25) is 0 Å². The van der Waals surface area contributed by atoms with Gasteiger partial charge in [-0.05, 0) is 48.0 Å². The molecule has 0 spiro atoms. The number of ether oxygens (including phenoxy) is 2. The number of nitrogens with zero attached hydrogens (tertiary/aromatic N) is 3. The summed E-state index contributed by atoms with van der Waals surface area (Å²) in [6.07, 6.45) is -1.44. The standard InChI is InChI=1S/C25H21F3N4O3/c1-34-22-15-32(20-7-4-5-18(13-20)25(26,27)28)31-23(22)24(33)30-14-17-8-10-21(11-9-17)35-16-19-6-2-3-12-29-19/h2-13,15H,14,16H2,1H3,(H,30,33). The molecule has 7 nitrogen and oxygen atoms in total. The minimum Gasteiger partial charge on any atom is -0.493 e. The van der Waals surface area contributed by atoms with Gasteiger partial charge in [-0.3, -0.25) is 9.78 Å². The molecule has 180 valence electrons. The number of carbonyl (C=O) groups is 1. The molecule has 2 aromatic carbocycles. The maximum Gasteiger partial charge on any atom is 0.416 e. The Bertz CT molecular complexity index is 1290. The first-order valence-corrected chi connectivity index (χ1v) is 10.5. The van der Waals surface area contributed by atoms with Crippen LogP contribution in [0.15, 0.2) is 79.1 Å². The zero-order chi connectivity index (χ0) is 24.8. The van der Waals surface area contributed by atoms with Crippen molar-refractivity contribution in [2.45, 2.75) is 19.3 Å². The van der Waals surface area contributed by atoms with Crippen molar-refractivity contribution in [3.05, 3.63) is 102 Å². The second-order valence-corrected chi connectivity index (χ2v) is 7.48. The van der Waals surface area contributed by atoms with Gasteiger partial charge in [0, 0.05) is 12.7 Å². The summed E-state index contributed by atoms with van der Waals surface area (Å²) in [5.41, 5.74) is 0.920. The SMILES string of the molecule is COc1cn(-c2cccc(C(F)(F)F)c2)nc1C(=O)NCc1ccc(OCc2ccccn2)cc1.